The smallest absolute Gasteiger partial charge is 0.207 e. The summed E-state index contributed by atoms with van der Waals surface area (Å²) in [4.78, 5) is 0. The first-order chi connectivity index (χ1) is 13.1. The molecule has 7 nitrogen and oxygen atoms in total. The first-order valence-corrected chi connectivity index (χ1v) is 8.48. The molecule has 0 saturated carbocycles. The van der Waals surface area contributed by atoms with Gasteiger partial charge in [0.15, 0.2) is 23.0 Å². The summed E-state index contributed by atoms with van der Waals surface area (Å²) >= 11 is 0. The summed E-state index contributed by atoms with van der Waals surface area (Å²) in [5, 5.41) is 9.95. The van der Waals surface area contributed by atoms with Crippen LogP contribution in [0.1, 0.15) is 17.0 Å². The van der Waals surface area contributed by atoms with Crippen molar-refractivity contribution in [3.63, 3.8) is 0 Å². The summed E-state index contributed by atoms with van der Waals surface area (Å²) in [5.41, 5.74) is 1.83. The summed E-state index contributed by atoms with van der Waals surface area (Å²) < 4.78 is 33.3. The van der Waals surface area contributed by atoms with Crippen molar-refractivity contribution < 1.29 is 33.5 Å². The van der Waals surface area contributed by atoms with Gasteiger partial charge in [0.1, 0.15) is 0 Å². The molecule has 2 aromatic rings. The summed E-state index contributed by atoms with van der Waals surface area (Å²) in [6.07, 6.45) is 0.682. The predicted molar refractivity (Wildman–Crippen MR) is 99.2 cm³/mol. The number of aromatic hydroxyl groups is 1. The number of ether oxygens (including phenoxy) is 6. The number of benzene rings is 2. The van der Waals surface area contributed by atoms with Crippen molar-refractivity contribution in [2.75, 3.05) is 42.2 Å². The molecule has 1 N–H and O–H groups in total. The van der Waals surface area contributed by atoms with Crippen molar-refractivity contribution in [1.29, 1.82) is 0 Å². The van der Waals surface area contributed by atoms with E-state index in [0.717, 1.165) is 11.1 Å². The van der Waals surface area contributed by atoms with Crippen LogP contribution >= 0.6 is 0 Å². The van der Waals surface area contributed by atoms with Crippen molar-refractivity contribution in [2.45, 2.75) is 12.3 Å². The van der Waals surface area contributed by atoms with E-state index in [9.17, 15) is 5.11 Å². The van der Waals surface area contributed by atoms with Crippen molar-refractivity contribution in [3.8, 4) is 40.2 Å². The Morgan fingerprint density at radius 1 is 0.852 bits per heavy atom. The maximum Gasteiger partial charge on any atom is 0.207 e. The second-order valence-electron chi connectivity index (χ2n) is 6.09. The lowest BCUT2D eigenvalue weighted by Crippen LogP contribution is -2.20. The molecule has 27 heavy (non-hydrogen) atoms. The molecule has 146 valence electrons. The third kappa shape index (κ3) is 3.13. The first kappa shape index (κ1) is 18.8. The molecule has 0 aromatic heterocycles. The lowest BCUT2D eigenvalue weighted by Gasteiger charge is -2.29. The molecule has 0 fully saturated rings. The maximum absolute atomic E-state index is 9.95. The van der Waals surface area contributed by atoms with Gasteiger partial charge in [-0.2, -0.15) is 0 Å². The summed E-state index contributed by atoms with van der Waals surface area (Å²) in [6, 6.07) is 5.33. The summed E-state index contributed by atoms with van der Waals surface area (Å²) in [6.45, 7) is 0.391. The Hall–Kier alpha value is -2.96. The van der Waals surface area contributed by atoms with Crippen LogP contribution in [-0.4, -0.2) is 47.3 Å². The van der Waals surface area contributed by atoms with Crippen LogP contribution in [0.25, 0.3) is 0 Å². The third-order valence-electron chi connectivity index (χ3n) is 4.73. The van der Waals surface area contributed by atoms with Crippen molar-refractivity contribution in [3.05, 3.63) is 29.3 Å². The van der Waals surface area contributed by atoms with Crippen LogP contribution < -0.4 is 28.4 Å². The molecule has 1 aliphatic rings. The first-order valence-electron chi connectivity index (χ1n) is 8.48. The molecule has 0 spiro atoms. The Kier molecular flexibility index (Phi) is 5.39. The topological polar surface area (TPSA) is 75.6 Å². The number of methoxy groups -OCH3 is 5. The zero-order valence-corrected chi connectivity index (χ0v) is 16.1. The Bertz CT molecular complexity index is 832. The minimum atomic E-state index is -0.00425. The standard InChI is InChI=1S/C20H24O7/c1-22-15-9-13(17(23-2)20(26-5)19(15)25-4)12-8-11-6-7-14(21)18(24-3)16(11)27-10-12/h6-7,9,12,21H,8,10H2,1-5H3/t12-/m1/s1. The van der Waals surface area contributed by atoms with Gasteiger partial charge in [-0.3, -0.25) is 0 Å². The number of phenolic OH excluding ortho intramolecular Hbond substituents is 1. The minimum Gasteiger partial charge on any atom is -0.504 e. The van der Waals surface area contributed by atoms with Gasteiger partial charge in [-0.25, -0.2) is 0 Å². The fourth-order valence-electron chi connectivity index (χ4n) is 3.48. The molecule has 7 heteroatoms. The molecule has 1 aliphatic heterocycles. The molecule has 0 bridgehead atoms. The van der Waals surface area contributed by atoms with Crippen LogP contribution in [0.2, 0.25) is 0 Å². The van der Waals surface area contributed by atoms with E-state index in [4.69, 9.17) is 28.4 Å². The van der Waals surface area contributed by atoms with Crippen LogP contribution in [-0.2, 0) is 6.42 Å². The SMILES string of the molecule is COc1cc([C@H]2COc3c(ccc(O)c3OC)C2)c(OC)c(OC)c1OC. The number of hydrogen-bond acceptors (Lipinski definition) is 7. The molecule has 3 rings (SSSR count). The molecular weight excluding hydrogens is 352 g/mol. The van der Waals surface area contributed by atoms with Crippen LogP contribution in [0.4, 0.5) is 0 Å². The lowest BCUT2D eigenvalue weighted by atomic mass is 9.89. The van der Waals surface area contributed by atoms with Crippen LogP contribution in [0, 0.1) is 0 Å². The number of rotatable bonds is 6. The molecule has 0 aliphatic carbocycles. The van der Waals surface area contributed by atoms with Gasteiger partial charge in [0, 0.05) is 11.5 Å². The summed E-state index contributed by atoms with van der Waals surface area (Å²) in [5.74, 6) is 3.06. The molecule has 0 saturated heterocycles. The van der Waals surface area contributed by atoms with E-state index in [1.165, 1.54) is 7.11 Å². The van der Waals surface area contributed by atoms with Gasteiger partial charge in [-0.15, -0.1) is 0 Å². The summed E-state index contributed by atoms with van der Waals surface area (Å²) in [7, 11) is 7.79. The fourth-order valence-corrected chi connectivity index (χ4v) is 3.48. The van der Waals surface area contributed by atoms with Gasteiger partial charge < -0.3 is 33.5 Å². The molecule has 2 aromatic carbocycles. The molecule has 1 heterocycles. The van der Waals surface area contributed by atoms with Crippen LogP contribution in [0.3, 0.4) is 0 Å². The van der Waals surface area contributed by atoms with E-state index >= 15 is 0 Å². The Balaban J connectivity index is 2.07. The van der Waals surface area contributed by atoms with Gasteiger partial charge >= 0.3 is 0 Å². The second kappa shape index (κ2) is 7.73. The van der Waals surface area contributed by atoms with Crippen LogP contribution in [0.15, 0.2) is 18.2 Å². The second-order valence-corrected chi connectivity index (χ2v) is 6.09. The average Bonchev–Trinajstić information content (AvgIpc) is 2.71. The third-order valence-corrected chi connectivity index (χ3v) is 4.73. The zero-order chi connectivity index (χ0) is 19.6. The molecule has 1 atom stereocenters. The number of phenols is 1. The molecule has 0 amide bonds. The molecule has 0 unspecified atom stereocenters. The molecule has 0 radical (unpaired) electrons. The minimum absolute atomic E-state index is 0.00425. The van der Waals surface area contributed by atoms with Crippen LogP contribution in [0.5, 0.6) is 40.2 Å². The quantitative estimate of drug-likeness (QED) is 0.830. The average molecular weight is 376 g/mol. The lowest BCUT2D eigenvalue weighted by molar-refractivity contribution is 0.238. The predicted octanol–water partition coefficient (Wildman–Crippen LogP) is 3.15. The van der Waals surface area contributed by atoms with Gasteiger partial charge in [-0.1, -0.05) is 6.07 Å². The highest BCUT2D eigenvalue weighted by Gasteiger charge is 2.31. The van der Waals surface area contributed by atoms with E-state index in [0.29, 0.717) is 47.5 Å². The van der Waals surface area contributed by atoms with Gasteiger partial charge in [0.2, 0.25) is 17.2 Å². The van der Waals surface area contributed by atoms with Gasteiger partial charge in [-0.05, 0) is 24.1 Å². The number of fused-ring (bicyclic) bond motifs is 1. The Labute approximate surface area is 158 Å². The molecular formula is C20H24O7. The van der Waals surface area contributed by atoms with E-state index in [1.807, 2.05) is 12.1 Å². The van der Waals surface area contributed by atoms with E-state index in [-0.39, 0.29) is 11.7 Å². The van der Waals surface area contributed by atoms with Gasteiger partial charge in [0.25, 0.3) is 0 Å². The van der Waals surface area contributed by atoms with Crippen molar-refractivity contribution >= 4 is 0 Å². The highest BCUT2D eigenvalue weighted by atomic mass is 16.5. The normalized spacial score (nSPS) is 15.4. The maximum atomic E-state index is 9.95. The van der Waals surface area contributed by atoms with E-state index in [1.54, 1.807) is 34.5 Å². The van der Waals surface area contributed by atoms with Crippen molar-refractivity contribution in [2.24, 2.45) is 0 Å². The Morgan fingerprint density at radius 3 is 2.11 bits per heavy atom. The highest BCUT2D eigenvalue weighted by Crippen LogP contribution is 2.51. The van der Waals surface area contributed by atoms with E-state index < -0.39 is 0 Å². The van der Waals surface area contributed by atoms with E-state index in [2.05, 4.69) is 0 Å². The fraction of sp³-hybridized carbons (Fsp3) is 0.400. The highest BCUT2D eigenvalue weighted by molar-refractivity contribution is 5.64. The monoisotopic (exact) mass is 376 g/mol. The zero-order valence-electron chi connectivity index (χ0n) is 16.1. The Morgan fingerprint density at radius 2 is 1.52 bits per heavy atom. The number of hydrogen-bond donors (Lipinski definition) is 1. The largest absolute Gasteiger partial charge is 0.504 e. The van der Waals surface area contributed by atoms with Crippen molar-refractivity contribution in [1.82, 2.24) is 0 Å². The van der Waals surface area contributed by atoms with Gasteiger partial charge in [0.05, 0.1) is 42.2 Å².